The number of nitrogens with one attached hydrogen (secondary N) is 1. The Morgan fingerprint density at radius 1 is 1.33 bits per heavy atom. The van der Waals surface area contributed by atoms with Gasteiger partial charge in [-0.1, -0.05) is 0 Å². The summed E-state index contributed by atoms with van der Waals surface area (Å²) in [5, 5.41) is 11.9. The van der Waals surface area contributed by atoms with Crippen LogP contribution >= 0.6 is 0 Å². The van der Waals surface area contributed by atoms with Crippen LogP contribution in [-0.4, -0.2) is 24.5 Å². The highest BCUT2D eigenvalue weighted by Gasteiger charge is 2.15. The second-order valence-corrected chi connectivity index (χ2v) is 4.48. The van der Waals surface area contributed by atoms with Crippen molar-refractivity contribution in [2.24, 2.45) is 0 Å². The monoisotopic (exact) mass is 280 g/mol. The molecule has 0 radical (unpaired) electrons. The van der Waals surface area contributed by atoms with Gasteiger partial charge in [0.2, 0.25) is 0 Å². The van der Waals surface area contributed by atoms with Crippen LogP contribution in [0.25, 0.3) is 0 Å². The van der Waals surface area contributed by atoms with Crippen LogP contribution in [0.4, 0.5) is 11.4 Å². The Kier molecular flexibility index (Phi) is 4.52. The van der Waals surface area contributed by atoms with E-state index in [1.807, 2.05) is 13.0 Å². The van der Waals surface area contributed by atoms with Gasteiger partial charge in [0.25, 0.3) is 5.91 Å². The fourth-order valence-electron chi connectivity index (χ4n) is 1.91. The maximum absolute atomic E-state index is 12.4. The largest absolute Gasteiger partial charge is 0.385 e. The normalized spacial score (nSPS) is 9.76. The van der Waals surface area contributed by atoms with Crippen LogP contribution < -0.4 is 10.2 Å². The van der Waals surface area contributed by atoms with Crippen LogP contribution in [0.2, 0.25) is 0 Å². The Balaban J connectivity index is 2.22. The summed E-state index contributed by atoms with van der Waals surface area (Å²) in [4.78, 5) is 18.1. The minimum Gasteiger partial charge on any atom is -0.385 e. The zero-order chi connectivity index (χ0) is 15.2. The van der Waals surface area contributed by atoms with E-state index in [1.165, 1.54) is 4.90 Å². The summed E-state index contributed by atoms with van der Waals surface area (Å²) in [6, 6.07) is 12.4. The molecule has 0 aliphatic carbocycles. The Bertz CT molecular complexity index is 673. The van der Waals surface area contributed by atoms with Gasteiger partial charge in [-0.2, -0.15) is 5.26 Å². The van der Waals surface area contributed by atoms with E-state index < -0.39 is 0 Å². The lowest BCUT2D eigenvalue weighted by Crippen LogP contribution is -2.27. The number of carbonyl (C=O) groups excluding carboxylic acids is 1. The van der Waals surface area contributed by atoms with Gasteiger partial charge in [-0.05, 0) is 43.3 Å². The molecule has 5 heteroatoms. The average Bonchev–Trinajstić information content (AvgIpc) is 2.54. The number of nitrogens with zero attached hydrogens (tertiary/aromatic N) is 3. The summed E-state index contributed by atoms with van der Waals surface area (Å²) in [5.41, 5.74) is 2.52. The molecule has 1 heterocycles. The molecule has 1 amide bonds. The van der Waals surface area contributed by atoms with Crippen molar-refractivity contribution in [3.63, 3.8) is 0 Å². The topological polar surface area (TPSA) is 69.0 Å². The molecule has 21 heavy (non-hydrogen) atoms. The number of nitriles is 1. The summed E-state index contributed by atoms with van der Waals surface area (Å²) >= 11 is 0. The Morgan fingerprint density at radius 2 is 2.05 bits per heavy atom. The molecule has 0 saturated heterocycles. The molecule has 0 saturated carbocycles. The minimum atomic E-state index is -0.195. The zero-order valence-corrected chi connectivity index (χ0v) is 12.0. The smallest absolute Gasteiger partial charge is 0.276 e. The average molecular weight is 280 g/mol. The van der Waals surface area contributed by atoms with Crippen molar-refractivity contribution in [3.05, 3.63) is 53.9 Å². The van der Waals surface area contributed by atoms with Crippen LogP contribution in [0.15, 0.2) is 42.6 Å². The third kappa shape index (κ3) is 3.37. The highest BCUT2D eigenvalue weighted by atomic mass is 16.2. The van der Waals surface area contributed by atoms with E-state index in [0.717, 1.165) is 17.9 Å². The first-order chi connectivity index (χ1) is 10.2. The maximum Gasteiger partial charge on any atom is 0.276 e. The van der Waals surface area contributed by atoms with Crippen LogP contribution in [0.3, 0.4) is 0 Å². The number of carbonyl (C=O) groups is 1. The number of aromatic nitrogens is 1. The summed E-state index contributed by atoms with van der Waals surface area (Å²) < 4.78 is 0. The number of amides is 1. The molecule has 0 spiro atoms. The lowest BCUT2D eigenvalue weighted by atomic mass is 10.2. The quantitative estimate of drug-likeness (QED) is 0.934. The van der Waals surface area contributed by atoms with E-state index in [2.05, 4.69) is 16.4 Å². The molecule has 0 bridgehead atoms. The molecule has 0 atom stereocenters. The third-order valence-electron chi connectivity index (χ3n) is 3.05. The van der Waals surface area contributed by atoms with E-state index in [4.69, 9.17) is 5.26 Å². The predicted octanol–water partition coefficient (Wildman–Crippen LogP) is 2.66. The highest BCUT2D eigenvalue weighted by molar-refractivity contribution is 6.04. The van der Waals surface area contributed by atoms with Gasteiger partial charge in [0.05, 0.1) is 11.6 Å². The van der Waals surface area contributed by atoms with Crippen LogP contribution in [0.1, 0.15) is 23.0 Å². The second-order valence-electron chi connectivity index (χ2n) is 4.48. The van der Waals surface area contributed by atoms with Crippen molar-refractivity contribution in [1.82, 2.24) is 4.98 Å². The Hall–Kier alpha value is -2.87. The molecule has 106 valence electrons. The maximum atomic E-state index is 12.4. The van der Waals surface area contributed by atoms with Gasteiger partial charge >= 0.3 is 0 Å². The van der Waals surface area contributed by atoms with Gasteiger partial charge in [-0.25, -0.2) is 0 Å². The minimum absolute atomic E-state index is 0.195. The van der Waals surface area contributed by atoms with Crippen LogP contribution in [0, 0.1) is 11.3 Å². The fraction of sp³-hybridized carbons (Fsp3) is 0.188. The predicted molar refractivity (Wildman–Crippen MR) is 82.3 cm³/mol. The van der Waals surface area contributed by atoms with Crippen molar-refractivity contribution < 1.29 is 4.79 Å². The fourth-order valence-corrected chi connectivity index (χ4v) is 1.91. The van der Waals surface area contributed by atoms with Gasteiger partial charge < -0.3 is 10.2 Å². The molecule has 1 aromatic carbocycles. The second kappa shape index (κ2) is 6.53. The first kappa shape index (κ1) is 14.5. The van der Waals surface area contributed by atoms with Crippen molar-refractivity contribution in [2.75, 3.05) is 23.8 Å². The SMILES string of the molecule is CCNc1ccnc(C(=O)N(C)c2ccc(C#N)cc2)c1. The van der Waals surface area contributed by atoms with Crippen molar-refractivity contribution in [1.29, 1.82) is 5.26 Å². The number of benzene rings is 1. The zero-order valence-electron chi connectivity index (χ0n) is 12.0. The van der Waals surface area contributed by atoms with E-state index in [0.29, 0.717) is 11.3 Å². The van der Waals surface area contributed by atoms with Crippen molar-refractivity contribution in [2.45, 2.75) is 6.92 Å². The molecule has 2 rings (SSSR count). The molecule has 0 aliphatic heterocycles. The van der Waals surface area contributed by atoms with Crippen LogP contribution in [-0.2, 0) is 0 Å². The van der Waals surface area contributed by atoms with Gasteiger partial charge in [0.15, 0.2) is 0 Å². The third-order valence-corrected chi connectivity index (χ3v) is 3.05. The number of hydrogen-bond acceptors (Lipinski definition) is 4. The molecule has 0 fully saturated rings. The lowest BCUT2D eigenvalue weighted by molar-refractivity contribution is 0.0988. The lowest BCUT2D eigenvalue weighted by Gasteiger charge is -2.17. The summed E-state index contributed by atoms with van der Waals surface area (Å²) in [6.45, 7) is 2.77. The first-order valence-corrected chi connectivity index (χ1v) is 6.64. The summed E-state index contributed by atoms with van der Waals surface area (Å²) in [6.07, 6.45) is 1.61. The van der Waals surface area contributed by atoms with Crippen LogP contribution in [0.5, 0.6) is 0 Å². The van der Waals surface area contributed by atoms with E-state index >= 15 is 0 Å². The summed E-state index contributed by atoms with van der Waals surface area (Å²) in [5.74, 6) is -0.195. The highest BCUT2D eigenvalue weighted by Crippen LogP contribution is 2.17. The number of pyridine rings is 1. The molecule has 0 aliphatic rings. The first-order valence-electron chi connectivity index (χ1n) is 6.64. The molecule has 1 aromatic heterocycles. The number of anilines is 2. The van der Waals surface area contributed by atoms with Gasteiger partial charge in [-0.3, -0.25) is 9.78 Å². The number of rotatable bonds is 4. The van der Waals surface area contributed by atoms with Gasteiger partial charge in [0.1, 0.15) is 5.69 Å². The standard InChI is InChI=1S/C16H16N4O/c1-3-18-13-8-9-19-15(10-13)16(21)20(2)14-6-4-12(11-17)5-7-14/h4-10H,3H2,1-2H3,(H,18,19). The molecule has 5 nitrogen and oxygen atoms in total. The molecule has 1 N–H and O–H groups in total. The van der Waals surface area contributed by atoms with Crippen molar-refractivity contribution in [3.8, 4) is 6.07 Å². The Morgan fingerprint density at radius 3 is 2.67 bits per heavy atom. The Labute approximate surface area is 123 Å². The van der Waals surface area contributed by atoms with Crippen molar-refractivity contribution >= 4 is 17.3 Å². The van der Waals surface area contributed by atoms with E-state index in [-0.39, 0.29) is 5.91 Å². The molecule has 0 unspecified atom stereocenters. The molecular weight excluding hydrogens is 264 g/mol. The van der Waals surface area contributed by atoms with E-state index in [9.17, 15) is 4.79 Å². The number of hydrogen-bond donors (Lipinski definition) is 1. The van der Waals surface area contributed by atoms with Gasteiger partial charge in [-0.15, -0.1) is 0 Å². The summed E-state index contributed by atoms with van der Waals surface area (Å²) in [7, 11) is 1.69. The molecule has 2 aromatic rings. The van der Waals surface area contributed by atoms with E-state index in [1.54, 1.807) is 43.6 Å². The molecular formula is C16H16N4O. The van der Waals surface area contributed by atoms with Gasteiger partial charge in [0, 0.05) is 31.2 Å².